The van der Waals surface area contributed by atoms with Gasteiger partial charge in [-0.15, -0.1) is 5.10 Å². The van der Waals surface area contributed by atoms with Crippen LogP contribution in [0.4, 0.5) is 4.79 Å². The number of aryl methyl sites for hydroxylation is 1. The first-order valence-corrected chi connectivity index (χ1v) is 10.5. The first-order valence-electron chi connectivity index (χ1n) is 10.5. The molecule has 0 fully saturated rings. The molecule has 2 bridgehead atoms. The molecular weight excluding hydrogens is 390 g/mol. The average molecular weight is 426 g/mol. The van der Waals surface area contributed by atoms with Crippen LogP contribution in [-0.2, 0) is 27.4 Å². The fourth-order valence-corrected chi connectivity index (χ4v) is 3.33. The molecule has 1 aromatic heterocycles. The van der Waals surface area contributed by atoms with Crippen LogP contribution >= 0.6 is 0 Å². The third-order valence-corrected chi connectivity index (χ3v) is 5.15. The lowest BCUT2D eigenvalue weighted by atomic mass is 10.0. The lowest BCUT2D eigenvalue weighted by Gasteiger charge is -2.35. The number of aromatic nitrogens is 3. The molecule has 1 aliphatic heterocycles. The highest BCUT2D eigenvalue weighted by Gasteiger charge is 2.29. The number of rotatable bonds is 5. The molecule has 0 radical (unpaired) electrons. The second-order valence-electron chi connectivity index (χ2n) is 8.29. The van der Waals surface area contributed by atoms with Crippen LogP contribution in [0.2, 0.25) is 0 Å². The zero-order valence-electron chi connectivity index (χ0n) is 18.7. The van der Waals surface area contributed by atoms with Gasteiger partial charge in [0.05, 0.1) is 44.2 Å². The van der Waals surface area contributed by atoms with E-state index in [1.165, 1.54) is 4.90 Å². The molecular formula is C20H35N5O5. The highest BCUT2D eigenvalue weighted by atomic mass is 16.6. The lowest BCUT2D eigenvalue weighted by Crippen LogP contribution is -2.47. The SMILES string of the molecule is CC(C)OC(=O)N(C)C[C@@H]1OCc2cn(nn2)CCCC(=O)N([C@H](C)CO)C[C@H]1C. The lowest BCUT2D eigenvalue weighted by molar-refractivity contribution is -0.136. The van der Waals surface area contributed by atoms with E-state index >= 15 is 0 Å². The van der Waals surface area contributed by atoms with Gasteiger partial charge in [-0.2, -0.15) is 0 Å². The fraction of sp³-hybridized carbons (Fsp3) is 0.800. The fourth-order valence-electron chi connectivity index (χ4n) is 3.33. The molecule has 1 N–H and O–H groups in total. The molecule has 2 rings (SSSR count). The van der Waals surface area contributed by atoms with Crippen LogP contribution in [0, 0.1) is 5.92 Å². The van der Waals surface area contributed by atoms with Gasteiger partial charge in [-0.25, -0.2) is 4.79 Å². The Hall–Kier alpha value is -2.20. The summed E-state index contributed by atoms with van der Waals surface area (Å²) >= 11 is 0. The number of carbonyl (C=O) groups is 2. The first kappa shape index (κ1) is 24.1. The molecule has 0 aromatic carbocycles. The molecule has 1 aromatic rings. The van der Waals surface area contributed by atoms with Gasteiger partial charge in [0.2, 0.25) is 5.91 Å². The minimum Gasteiger partial charge on any atom is -0.447 e. The summed E-state index contributed by atoms with van der Waals surface area (Å²) in [5.41, 5.74) is 0.700. The molecule has 10 heteroatoms. The van der Waals surface area contributed by atoms with Crippen LogP contribution in [0.1, 0.15) is 46.2 Å². The Kier molecular flexibility index (Phi) is 9.04. The van der Waals surface area contributed by atoms with Crippen LogP contribution in [0.25, 0.3) is 0 Å². The summed E-state index contributed by atoms with van der Waals surface area (Å²) in [6.45, 7) is 8.85. The number of fused-ring (bicyclic) bond motifs is 2. The van der Waals surface area contributed by atoms with E-state index in [2.05, 4.69) is 10.3 Å². The molecule has 0 saturated heterocycles. The first-order chi connectivity index (χ1) is 14.2. The van der Waals surface area contributed by atoms with E-state index in [4.69, 9.17) is 9.47 Å². The Balaban J connectivity index is 2.21. The largest absolute Gasteiger partial charge is 0.447 e. The topological polar surface area (TPSA) is 110 Å². The standard InChI is InChI=1S/C20H35N5O5/c1-14(2)30-20(28)23(5)11-18-15(3)9-25(16(4)12-26)19(27)7-6-8-24-10-17(13-29-18)21-22-24/h10,14-16,18,26H,6-9,11-13H2,1-5H3/t15-,16-,18+/m1/s1. The number of ether oxygens (including phenoxy) is 2. The summed E-state index contributed by atoms with van der Waals surface area (Å²) in [5, 5.41) is 17.9. The number of nitrogens with zero attached hydrogens (tertiary/aromatic N) is 5. The van der Waals surface area contributed by atoms with Gasteiger partial charge in [0, 0.05) is 32.5 Å². The summed E-state index contributed by atoms with van der Waals surface area (Å²) in [6, 6.07) is -0.299. The predicted molar refractivity (Wildman–Crippen MR) is 110 cm³/mol. The molecule has 0 saturated carbocycles. The molecule has 2 heterocycles. The summed E-state index contributed by atoms with van der Waals surface area (Å²) in [6.07, 6.45) is 1.81. The van der Waals surface area contributed by atoms with Crippen molar-refractivity contribution in [3.05, 3.63) is 11.9 Å². The van der Waals surface area contributed by atoms with Crippen LogP contribution < -0.4 is 0 Å². The van der Waals surface area contributed by atoms with Crippen LogP contribution in [-0.4, -0.2) is 86.9 Å². The summed E-state index contributed by atoms with van der Waals surface area (Å²) in [5.74, 6) is -0.109. The molecule has 3 atom stereocenters. The summed E-state index contributed by atoms with van der Waals surface area (Å²) in [4.78, 5) is 28.3. The average Bonchev–Trinajstić information content (AvgIpc) is 3.14. The maximum Gasteiger partial charge on any atom is 0.409 e. The van der Waals surface area contributed by atoms with Crippen LogP contribution in [0.15, 0.2) is 6.20 Å². The Bertz CT molecular complexity index is 695. The van der Waals surface area contributed by atoms with E-state index in [1.807, 2.05) is 20.0 Å². The molecule has 0 spiro atoms. The second-order valence-corrected chi connectivity index (χ2v) is 8.29. The molecule has 2 amide bonds. The van der Waals surface area contributed by atoms with E-state index in [1.54, 1.807) is 30.5 Å². The number of carbonyl (C=O) groups excluding carboxylic acids is 2. The predicted octanol–water partition coefficient (Wildman–Crippen LogP) is 1.28. The minimum absolute atomic E-state index is 0.0192. The van der Waals surface area contributed by atoms with Crippen molar-refractivity contribution in [2.24, 2.45) is 5.92 Å². The summed E-state index contributed by atoms with van der Waals surface area (Å²) < 4.78 is 13.1. The van der Waals surface area contributed by atoms with Crippen molar-refractivity contribution in [2.75, 3.05) is 26.7 Å². The highest BCUT2D eigenvalue weighted by molar-refractivity contribution is 5.76. The molecule has 1 aliphatic rings. The number of hydrogen-bond donors (Lipinski definition) is 1. The van der Waals surface area contributed by atoms with Gasteiger partial charge in [-0.05, 0) is 27.2 Å². The van der Waals surface area contributed by atoms with Gasteiger partial charge >= 0.3 is 6.09 Å². The minimum atomic E-state index is -0.425. The number of aliphatic hydroxyl groups excluding tert-OH is 1. The van der Waals surface area contributed by atoms with Crippen molar-refractivity contribution in [1.29, 1.82) is 0 Å². The Morgan fingerprint density at radius 2 is 2.17 bits per heavy atom. The van der Waals surface area contributed by atoms with Gasteiger partial charge in [-0.1, -0.05) is 12.1 Å². The maximum atomic E-state index is 12.8. The summed E-state index contributed by atoms with van der Waals surface area (Å²) in [7, 11) is 1.66. The number of likely N-dealkylation sites (N-methyl/N-ethyl adjacent to an activating group) is 1. The van der Waals surface area contributed by atoms with Crippen LogP contribution in [0.5, 0.6) is 0 Å². The third kappa shape index (κ3) is 6.94. The van der Waals surface area contributed by atoms with Gasteiger partial charge in [0.15, 0.2) is 0 Å². The van der Waals surface area contributed by atoms with Crippen LogP contribution in [0.3, 0.4) is 0 Å². The number of amides is 2. The van der Waals surface area contributed by atoms with Crippen molar-refractivity contribution in [3.8, 4) is 0 Å². The van der Waals surface area contributed by atoms with Gasteiger partial charge in [-0.3, -0.25) is 9.48 Å². The van der Waals surface area contributed by atoms with Crippen molar-refractivity contribution in [2.45, 2.75) is 71.9 Å². The highest BCUT2D eigenvalue weighted by Crippen LogP contribution is 2.18. The van der Waals surface area contributed by atoms with E-state index in [9.17, 15) is 14.7 Å². The van der Waals surface area contributed by atoms with Crippen molar-refractivity contribution in [1.82, 2.24) is 24.8 Å². The Morgan fingerprint density at radius 1 is 1.43 bits per heavy atom. The van der Waals surface area contributed by atoms with Crippen molar-refractivity contribution < 1.29 is 24.2 Å². The molecule has 0 unspecified atom stereocenters. The zero-order chi connectivity index (χ0) is 22.3. The Morgan fingerprint density at radius 3 is 2.83 bits per heavy atom. The molecule has 170 valence electrons. The number of aliphatic hydroxyl groups is 1. The smallest absolute Gasteiger partial charge is 0.409 e. The molecule has 10 nitrogen and oxygen atoms in total. The van der Waals surface area contributed by atoms with E-state index in [-0.39, 0.29) is 43.3 Å². The van der Waals surface area contributed by atoms with Crippen molar-refractivity contribution >= 4 is 12.0 Å². The second kappa shape index (κ2) is 11.3. The molecule has 0 aliphatic carbocycles. The maximum absolute atomic E-state index is 12.8. The molecule has 30 heavy (non-hydrogen) atoms. The van der Waals surface area contributed by atoms with E-state index < -0.39 is 6.09 Å². The van der Waals surface area contributed by atoms with E-state index in [0.29, 0.717) is 38.2 Å². The third-order valence-electron chi connectivity index (χ3n) is 5.15. The Labute approximate surface area is 178 Å². The monoisotopic (exact) mass is 425 g/mol. The van der Waals surface area contributed by atoms with E-state index in [0.717, 1.165) is 0 Å². The van der Waals surface area contributed by atoms with Gasteiger partial charge in [0.25, 0.3) is 0 Å². The van der Waals surface area contributed by atoms with Crippen molar-refractivity contribution in [3.63, 3.8) is 0 Å². The van der Waals surface area contributed by atoms with Gasteiger partial charge < -0.3 is 24.4 Å². The number of hydrogen-bond acceptors (Lipinski definition) is 7. The quantitative estimate of drug-likeness (QED) is 0.757. The zero-order valence-corrected chi connectivity index (χ0v) is 18.7. The normalized spacial score (nSPS) is 22.1. The van der Waals surface area contributed by atoms with Gasteiger partial charge in [0.1, 0.15) is 5.69 Å².